The Morgan fingerprint density at radius 1 is 1.35 bits per heavy atom. The van der Waals surface area contributed by atoms with E-state index in [0.717, 1.165) is 32.0 Å². The van der Waals surface area contributed by atoms with Crippen LogP contribution in [0, 0.1) is 5.92 Å². The lowest BCUT2D eigenvalue weighted by atomic mass is 10.0. The highest BCUT2D eigenvalue weighted by atomic mass is 16.5. The third kappa shape index (κ3) is 3.20. The minimum Gasteiger partial charge on any atom is -0.492 e. The lowest BCUT2D eigenvalue weighted by Crippen LogP contribution is -2.37. The van der Waals surface area contributed by atoms with Crippen LogP contribution in [0.5, 0.6) is 5.75 Å². The maximum absolute atomic E-state index is 5.93. The highest BCUT2D eigenvalue weighted by Gasteiger charge is 2.18. The summed E-state index contributed by atoms with van der Waals surface area (Å²) in [6.45, 7) is 8.03. The molecule has 0 spiro atoms. The largest absolute Gasteiger partial charge is 0.492 e. The zero-order chi connectivity index (χ0) is 12.3. The molecule has 0 amide bonds. The molecule has 2 rings (SSSR count). The number of hydrogen-bond acceptors (Lipinski definition) is 3. The average Bonchev–Trinajstić information content (AvgIpc) is 2.50. The van der Waals surface area contributed by atoms with Crippen LogP contribution in [0.3, 0.4) is 0 Å². The molecule has 3 nitrogen and oxygen atoms in total. The SMILES string of the molecule is CC(N)C(C)CN1CCOc2ccccc2C1. The molecule has 1 aliphatic heterocycles. The maximum Gasteiger partial charge on any atom is 0.123 e. The van der Waals surface area contributed by atoms with Crippen molar-refractivity contribution in [2.75, 3.05) is 19.7 Å². The summed E-state index contributed by atoms with van der Waals surface area (Å²) in [6, 6.07) is 8.53. The van der Waals surface area contributed by atoms with E-state index in [1.807, 2.05) is 12.1 Å². The Morgan fingerprint density at radius 3 is 2.88 bits per heavy atom. The van der Waals surface area contributed by atoms with Crippen LogP contribution in [0.4, 0.5) is 0 Å². The standard InChI is InChI=1S/C14H22N2O/c1-11(12(2)15)9-16-7-8-17-14-6-4-3-5-13(14)10-16/h3-6,11-12H,7-10,15H2,1-2H3. The van der Waals surface area contributed by atoms with Gasteiger partial charge in [0.25, 0.3) is 0 Å². The Bertz CT molecular complexity index is 365. The van der Waals surface area contributed by atoms with Gasteiger partial charge in [-0.2, -0.15) is 0 Å². The first-order valence-corrected chi connectivity index (χ1v) is 6.35. The van der Waals surface area contributed by atoms with E-state index in [1.54, 1.807) is 0 Å². The topological polar surface area (TPSA) is 38.5 Å². The van der Waals surface area contributed by atoms with Gasteiger partial charge in [0.15, 0.2) is 0 Å². The van der Waals surface area contributed by atoms with Crippen molar-refractivity contribution in [1.82, 2.24) is 4.90 Å². The van der Waals surface area contributed by atoms with Crippen LogP contribution in [0.25, 0.3) is 0 Å². The molecule has 1 heterocycles. The summed E-state index contributed by atoms with van der Waals surface area (Å²) < 4.78 is 5.75. The minimum atomic E-state index is 0.245. The lowest BCUT2D eigenvalue weighted by molar-refractivity contribution is 0.195. The van der Waals surface area contributed by atoms with E-state index >= 15 is 0 Å². The Labute approximate surface area is 104 Å². The predicted molar refractivity (Wildman–Crippen MR) is 70.0 cm³/mol. The molecule has 94 valence electrons. The second-order valence-electron chi connectivity index (χ2n) is 5.03. The van der Waals surface area contributed by atoms with Gasteiger partial charge in [-0.3, -0.25) is 4.90 Å². The van der Waals surface area contributed by atoms with E-state index in [1.165, 1.54) is 5.56 Å². The predicted octanol–water partition coefficient (Wildman–Crippen LogP) is 1.86. The molecule has 0 bridgehead atoms. The molecule has 2 atom stereocenters. The summed E-state index contributed by atoms with van der Waals surface area (Å²) in [5.41, 5.74) is 7.21. The van der Waals surface area contributed by atoms with Crippen LogP contribution >= 0.6 is 0 Å². The first-order chi connectivity index (χ1) is 8.16. The molecule has 2 N–H and O–H groups in total. The summed E-state index contributed by atoms with van der Waals surface area (Å²) >= 11 is 0. The van der Waals surface area contributed by atoms with Crippen molar-refractivity contribution < 1.29 is 4.74 Å². The van der Waals surface area contributed by atoms with Crippen LogP contribution in [-0.4, -0.2) is 30.6 Å². The maximum atomic E-state index is 5.93. The summed E-state index contributed by atoms with van der Waals surface area (Å²) in [6.07, 6.45) is 0. The molecular weight excluding hydrogens is 212 g/mol. The van der Waals surface area contributed by atoms with Crippen molar-refractivity contribution in [1.29, 1.82) is 0 Å². The fourth-order valence-electron chi connectivity index (χ4n) is 2.11. The number of ether oxygens (including phenoxy) is 1. The normalized spacial score (nSPS) is 19.9. The van der Waals surface area contributed by atoms with Gasteiger partial charge in [-0.1, -0.05) is 25.1 Å². The molecule has 0 radical (unpaired) electrons. The molecule has 0 fully saturated rings. The Kier molecular flexibility index (Phi) is 4.02. The number of fused-ring (bicyclic) bond motifs is 1. The average molecular weight is 234 g/mol. The second-order valence-corrected chi connectivity index (χ2v) is 5.03. The van der Waals surface area contributed by atoms with Gasteiger partial charge in [0.05, 0.1) is 0 Å². The molecule has 1 aromatic rings. The molecule has 0 saturated heterocycles. The highest BCUT2D eigenvalue weighted by Crippen LogP contribution is 2.22. The molecule has 2 unspecified atom stereocenters. The van der Waals surface area contributed by atoms with Gasteiger partial charge < -0.3 is 10.5 Å². The van der Waals surface area contributed by atoms with E-state index in [0.29, 0.717) is 5.92 Å². The fraction of sp³-hybridized carbons (Fsp3) is 0.571. The van der Waals surface area contributed by atoms with Gasteiger partial charge in [-0.05, 0) is 18.9 Å². The lowest BCUT2D eigenvalue weighted by Gasteiger charge is -2.25. The molecule has 0 aliphatic carbocycles. The Hall–Kier alpha value is -1.06. The van der Waals surface area contributed by atoms with Crippen molar-refractivity contribution in [2.24, 2.45) is 11.7 Å². The van der Waals surface area contributed by atoms with Crippen LogP contribution in [0.1, 0.15) is 19.4 Å². The first-order valence-electron chi connectivity index (χ1n) is 6.35. The number of nitrogens with two attached hydrogens (primary N) is 1. The van der Waals surface area contributed by atoms with Crippen LogP contribution in [0.15, 0.2) is 24.3 Å². The molecule has 0 aromatic heterocycles. The Balaban J connectivity index is 2.03. The fourth-order valence-corrected chi connectivity index (χ4v) is 2.11. The minimum absolute atomic E-state index is 0.245. The zero-order valence-corrected chi connectivity index (χ0v) is 10.7. The van der Waals surface area contributed by atoms with Gasteiger partial charge in [0.1, 0.15) is 12.4 Å². The number of para-hydroxylation sites is 1. The van der Waals surface area contributed by atoms with Crippen LogP contribution in [-0.2, 0) is 6.54 Å². The van der Waals surface area contributed by atoms with E-state index in [-0.39, 0.29) is 6.04 Å². The van der Waals surface area contributed by atoms with Gasteiger partial charge in [0, 0.05) is 31.2 Å². The van der Waals surface area contributed by atoms with Crippen molar-refractivity contribution >= 4 is 0 Å². The Morgan fingerprint density at radius 2 is 2.12 bits per heavy atom. The summed E-state index contributed by atoms with van der Waals surface area (Å²) in [4.78, 5) is 2.43. The summed E-state index contributed by atoms with van der Waals surface area (Å²) in [5, 5.41) is 0. The van der Waals surface area contributed by atoms with Gasteiger partial charge >= 0.3 is 0 Å². The molecular formula is C14H22N2O. The van der Waals surface area contributed by atoms with Crippen LogP contribution < -0.4 is 10.5 Å². The molecule has 17 heavy (non-hydrogen) atoms. The molecule has 1 aromatic carbocycles. The number of rotatable bonds is 3. The summed E-state index contributed by atoms with van der Waals surface area (Å²) in [7, 11) is 0. The van der Waals surface area contributed by atoms with Gasteiger partial charge in [-0.25, -0.2) is 0 Å². The van der Waals surface area contributed by atoms with Crippen molar-refractivity contribution in [3.63, 3.8) is 0 Å². The second kappa shape index (κ2) is 5.52. The number of benzene rings is 1. The zero-order valence-electron chi connectivity index (χ0n) is 10.7. The van der Waals surface area contributed by atoms with Crippen LogP contribution in [0.2, 0.25) is 0 Å². The highest BCUT2D eigenvalue weighted by molar-refractivity contribution is 5.33. The molecule has 0 saturated carbocycles. The number of nitrogens with zero attached hydrogens (tertiary/aromatic N) is 1. The number of hydrogen-bond donors (Lipinski definition) is 1. The van der Waals surface area contributed by atoms with E-state index in [2.05, 4.69) is 30.9 Å². The van der Waals surface area contributed by atoms with Gasteiger partial charge in [0.2, 0.25) is 0 Å². The smallest absolute Gasteiger partial charge is 0.123 e. The third-order valence-corrected chi connectivity index (χ3v) is 3.48. The van der Waals surface area contributed by atoms with E-state index in [9.17, 15) is 0 Å². The third-order valence-electron chi connectivity index (χ3n) is 3.48. The van der Waals surface area contributed by atoms with E-state index < -0.39 is 0 Å². The van der Waals surface area contributed by atoms with Crippen molar-refractivity contribution in [3.8, 4) is 5.75 Å². The summed E-state index contributed by atoms with van der Waals surface area (Å²) in [5.74, 6) is 1.55. The molecule has 1 aliphatic rings. The monoisotopic (exact) mass is 234 g/mol. The van der Waals surface area contributed by atoms with Crippen molar-refractivity contribution in [2.45, 2.75) is 26.4 Å². The van der Waals surface area contributed by atoms with Crippen molar-refractivity contribution in [3.05, 3.63) is 29.8 Å². The van der Waals surface area contributed by atoms with E-state index in [4.69, 9.17) is 10.5 Å². The first kappa shape index (κ1) is 12.4. The van der Waals surface area contributed by atoms with Gasteiger partial charge in [-0.15, -0.1) is 0 Å². The quantitative estimate of drug-likeness (QED) is 0.867. The molecule has 3 heteroatoms.